The summed E-state index contributed by atoms with van der Waals surface area (Å²) < 4.78 is 4.76. The van der Waals surface area contributed by atoms with Crippen molar-refractivity contribution in [3.05, 3.63) is 45.5 Å². The molecular weight excluding hydrogens is 286 g/mol. The minimum atomic E-state index is -0.801. The predicted molar refractivity (Wildman–Crippen MR) is 73.4 cm³/mol. The second kappa shape index (κ2) is 7.40. The first-order chi connectivity index (χ1) is 9.49. The van der Waals surface area contributed by atoms with Gasteiger partial charge in [-0.1, -0.05) is 12.1 Å². The Bertz CT molecular complexity index is 568. The fraction of sp³-hybridized carbons (Fsp3) is 0.231. The van der Waals surface area contributed by atoms with Gasteiger partial charge in [0.1, 0.15) is 5.57 Å². The van der Waals surface area contributed by atoms with E-state index >= 15 is 0 Å². The highest BCUT2D eigenvalue weighted by Crippen LogP contribution is 2.17. The number of non-ortho nitro benzene ring substituents is 1. The molecule has 0 N–H and O–H groups in total. The van der Waals surface area contributed by atoms with Crippen LogP contribution in [0, 0.1) is 10.1 Å². The molecule has 0 spiro atoms. The van der Waals surface area contributed by atoms with Gasteiger partial charge >= 0.3 is 5.97 Å². The van der Waals surface area contributed by atoms with Crippen molar-refractivity contribution in [1.29, 1.82) is 0 Å². The third kappa shape index (κ3) is 4.17. The second-order valence-electron chi connectivity index (χ2n) is 3.69. The van der Waals surface area contributed by atoms with Crippen LogP contribution in [0.5, 0.6) is 0 Å². The molecule has 0 saturated carbocycles. The predicted octanol–water partition coefficient (Wildman–Crippen LogP) is 2.35. The molecule has 0 fully saturated rings. The van der Waals surface area contributed by atoms with Gasteiger partial charge < -0.3 is 4.74 Å². The number of carbonyl (C=O) groups is 2. The van der Waals surface area contributed by atoms with E-state index in [-0.39, 0.29) is 23.7 Å². The average molecular weight is 298 g/mol. The summed E-state index contributed by atoms with van der Waals surface area (Å²) in [6, 6.07) is 5.55. The zero-order valence-corrected chi connectivity index (χ0v) is 11.4. The fourth-order valence-electron chi connectivity index (χ4n) is 1.43. The molecule has 0 aromatic heterocycles. The van der Waals surface area contributed by atoms with Crippen LogP contribution < -0.4 is 0 Å². The molecule has 0 heterocycles. The summed E-state index contributed by atoms with van der Waals surface area (Å²) in [5.41, 5.74) is -0.0247. The number of rotatable bonds is 6. The summed E-state index contributed by atoms with van der Waals surface area (Å²) in [7, 11) is 0. The van der Waals surface area contributed by atoms with Crippen molar-refractivity contribution < 1.29 is 19.2 Å². The number of ether oxygens (including phenoxy) is 1. The summed E-state index contributed by atoms with van der Waals surface area (Å²) in [6.07, 6.45) is 1.23. The van der Waals surface area contributed by atoms with Crippen LogP contribution >= 0.6 is 11.6 Å². The molecule has 0 radical (unpaired) electrons. The van der Waals surface area contributed by atoms with Gasteiger partial charge in [-0.2, -0.15) is 0 Å². The van der Waals surface area contributed by atoms with Crippen LogP contribution in [0.15, 0.2) is 29.8 Å². The molecule has 1 aromatic rings. The van der Waals surface area contributed by atoms with E-state index in [1.807, 2.05) is 0 Å². The lowest BCUT2D eigenvalue weighted by Gasteiger charge is -2.04. The van der Waals surface area contributed by atoms with Crippen molar-refractivity contribution in [3.63, 3.8) is 0 Å². The summed E-state index contributed by atoms with van der Waals surface area (Å²) in [5, 5.41) is 10.7. The Morgan fingerprint density at radius 1 is 1.45 bits per heavy atom. The van der Waals surface area contributed by atoms with Crippen molar-refractivity contribution in [2.75, 3.05) is 12.5 Å². The summed E-state index contributed by atoms with van der Waals surface area (Å²) in [4.78, 5) is 33.4. The average Bonchev–Trinajstić information content (AvgIpc) is 2.44. The van der Waals surface area contributed by atoms with Crippen LogP contribution in [0.3, 0.4) is 0 Å². The maximum Gasteiger partial charge on any atom is 0.341 e. The number of hydrogen-bond acceptors (Lipinski definition) is 5. The standard InChI is InChI=1S/C13H12ClNO5/c1-2-20-13(17)11(12(16)8-14)7-9-4-3-5-10(6-9)15(18)19/h3-7H,2,8H2,1H3. The maximum atomic E-state index is 11.7. The lowest BCUT2D eigenvalue weighted by atomic mass is 10.1. The highest BCUT2D eigenvalue weighted by atomic mass is 35.5. The third-order valence-electron chi connectivity index (χ3n) is 2.31. The molecule has 0 amide bonds. The first kappa shape index (κ1) is 15.8. The van der Waals surface area contributed by atoms with Crippen LogP contribution in [0.2, 0.25) is 0 Å². The summed E-state index contributed by atoms with van der Waals surface area (Å²) >= 11 is 5.43. The number of ketones is 1. The zero-order chi connectivity index (χ0) is 15.1. The fourth-order valence-corrected chi connectivity index (χ4v) is 1.57. The normalized spacial score (nSPS) is 11.0. The van der Waals surface area contributed by atoms with Gasteiger partial charge in [0.2, 0.25) is 0 Å². The Hall–Kier alpha value is -2.21. The SMILES string of the molecule is CCOC(=O)C(=Cc1cccc([N+](=O)[O-])c1)C(=O)CCl. The molecule has 0 atom stereocenters. The molecule has 0 bridgehead atoms. The molecule has 0 saturated heterocycles. The van der Waals surface area contributed by atoms with Crippen molar-refractivity contribution in [2.24, 2.45) is 0 Å². The van der Waals surface area contributed by atoms with Crippen LogP contribution in [0.25, 0.3) is 6.08 Å². The highest BCUT2D eigenvalue weighted by Gasteiger charge is 2.19. The monoisotopic (exact) mass is 297 g/mol. The van der Waals surface area contributed by atoms with Gasteiger partial charge in [0.15, 0.2) is 5.78 Å². The van der Waals surface area contributed by atoms with E-state index in [0.717, 1.165) is 0 Å². The second-order valence-corrected chi connectivity index (χ2v) is 3.95. The Morgan fingerprint density at radius 3 is 2.70 bits per heavy atom. The molecule has 0 aliphatic heterocycles. The van der Waals surface area contributed by atoms with Crippen molar-refractivity contribution in [3.8, 4) is 0 Å². The molecule has 7 heteroatoms. The molecule has 6 nitrogen and oxygen atoms in total. The lowest BCUT2D eigenvalue weighted by Crippen LogP contribution is -2.16. The Balaban J connectivity index is 3.19. The number of hydrogen-bond donors (Lipinski definition) is 0. The highest BCUT2D eigenvalue weighted by molar-refractivity contribution is 6.35. The van der Waals surface area contributed by atoms with Gasteiger partial charge in [-0.25, -0.2) is 4.79 Å². The van der Waals surface area contributed by atoms with E-state index < -0.39 is 16.7 Å². The molecular formula is C13H12ClNO5. The largest absolute Gasteiger partial charge is 0.462 e. The Morgan fingerprint density at radius 2 is 2.15 bits per heavy atom. The van der Waals surface area contributed by atoms with Crippen molar-refractivity contribution in [1.82, 2.24) is 0 Å². The Labute approximate surface area is 120 Å². The number of halogens is 1. The minimum absolute atomic E-state index is 0.112. The van der Waals surface area contributed by atoms with Gasteiger partial charge in [0.05, 0.1) is 17.4 Å². The first-order valence-corrected chi connectivity index (χ1v) is 6.25. The van der Waals surface area contributed by atoms with Crippen molar-refractivity contribution in [2.45, 2.75) is 6.92 Å². The van der Waals surface area contributed by atoms with Gasteiger partial charge in [0.25, 0.3) is 5.69 Å². The zero-order valence-electron chi connectivity index (χ0n) is 10.7. The van der Waals surface area contributed by atoms with E-state index in [1.54, 1.807) is 6.92 Å². The minimum Gasteiger partial charge on any atom is -0.462 e. The maximum absolute atomic E-state index is 11.7. The summed E-state index contributed by atoms with van der Waals surface area (Å²) in [6.45, 7) is 1.72. The molecule has 0 aliphatic carbocycles. The number of nitrogens with zero attached hydrogens (tertiary/aromatic N) is 1. The number of esters is 1. The number of nitro groups is 1. The number of Topliss-reactive ketones (excluding diaryl/α,β-unsaturated/α-hetero) is 1. The smallest absolute Gasteiger partial charge is 0.341 e. The van der Waals surface area contributed by atoms with Crippen LogP contribution in [0.4, 0.5) is 5.69 Å². The quantitative estimate of drug-likeness (QED) is 0.153. The van der Waals surface area contributed by atoms with Gasteiger partial charge in [-0.15, -0.1) is 11.6 Å². The number of carbonyl (C=O) groups excluding carboxylic acids is 2. The molecule has 0 aliphatic rings. The topological polar surface area (TPSA) is 86.5 Å². The van der Waals surface area contributed by atoms with E-state index in [0.29, 0.717) is 5.56 Å². The van der Waals surface area contributed by atoms with Crippen LogP contribution in [0.1, 0.15) is 12.5 Å². The van der Waals surface area contributed by atoms with Crippen LogP contribution in [-0.4, -0.2) is 29.2 Å². The molecule has 106 valence electrons. The first-order valence-electron chi connectivity index (χ1n) is 5.72. The van der Waals surface area contributed by atoms with Crippen molar-refractivity contribution >= 4 is 35.1 Å². The number of alkyl halides is 1. The molecule has 0 unspecified atom stereocenters. The molecule has 20 heavy (non-hydrogen) atoms. The van der Waals surface area contributed by atoms with Crippen LogP contribution in [-0.2, 0) is 14.3 Å². The number of benzene rings is 1. The van der Waals surface area contributed by atoms with Gasteiger partial charge in [0, 0.05) is 12.1 Å². The van der Waals surface area contributed by atoms with E-state index in [9.17, 15) is 19.7 Å². The summed E-state index contributed by atoms with van der Waals surface area (Å²) in [5.74, 6) is -1.78. The lowest BCUT2D eigenvalue weighted by molar-refractivity contribution is -0.384. The number of nitro benzene ring substituents is 1. The molecule has 1 aromatic carbocycles. The Kier molecular flexibility index (Phi) is 5.86. The van der Waals surface area contributed by atoms with E-state index in [2.05, 4.69) is 0 Å². The van der Waals surface area contributed by atoms with Gasteiger partial charge in [-0.05, 0) is 18.6 Å². The van der Waals surface area contributed by atoms with E-state index in [1.165, 1.54) is 30.3 Å². The van der Waals surface area contributed by atoms with E-state index in [4.69, 9.17) is 16.3 Å². The third-order valence-corrected chi connectivity index (χ3v) is 2.55. The van der Waals surface area contributed by atoms with Gasteiger partial charge in [-0.3, -0.25) is 14.9 Å². The molecule has 1 rings (SSSR count).